The summed E-state index contributed by atoms with van der Waals surface area (Å²) in [5, 5.41) is 4.34. The fraction of sp³-hybridized carbons (Fsp3) is 0.333. The first kappa shape index (κ1) is 26.5. The molecule has 3 rings (SSSR count). The zero-order valence-electron chi connectivity index (χ0n) is 19.6. The molecule has 0 amide bonds. The quantitative estimate of drug-likeness (QED) is 0.0579. The van der Waals surface area contributed by atoms with E-state index in [4.69, 9.17) is 11.6 Å². The van der Waals surface area contributed by atoms with Crippen LogP contribution in [0.3, 0.4) is 0 Å². The van der Waals surface area contributed by atoms with Gasteiger partial charge in [0.1, 0.15) is 0 Å². The molecule has 3 aromatic carbocycles. The molecule has 0 atom stereocenters. The van der Waals surface area contributed by atoms with Gasteiger partial charge in [0.05, 0.1) is 0 Å². The van der Waals surface area contributed by atoms with Crippen molar-refractivity contribution in [1.82, 2.24) is 0 Å². The predicted molar refractivity (Wildman–Crippen MR) is 161 cm³/mol. The number of rotatable bonds is 14. The summed E-state index contributed by atoms with van der Waals surface area (Å²) in [7, 11) is 0. The van der Waals surface area contributed by atoms with E-state index < -0.39 is 4.25 Å². The Balaban J connectivity index is 1.79. The van der Waals surface area contributed by atoms with Gasteiger partial charge in [0.25, 0.3) is 0 Å². The van der Waals surface area contributed by atoms with Crippen LogP contribution >= 0.6 is 37.9 Å². The molecule has 0 N–H and O–H groups in total. The molecule has 3 heteroatoms. The number of unbranched alkanes of at least 4 members (excludes halogenated alkanes) is 7. The number of alkyl halides is 1. The molecular formula is C30H37ClIP. The molecule has 0 unspecified atom stereocenters. The minimum absolute atomic E-state index is 0.807. The van der Waals surface area contributed by atoms with Crippen molar-refractivity contribution in [1.29, 1.82) is 0 Å². The first-order chi connectivity index (χ1) is 16.2. The van der Waals surface area contributed by atoms with Gasteiger partial charge in [-0.2, -0.15) is 0 Å². The average Bonchev–Trinajstić information content (AvgIpc) is 2.89. The second-order valence-electron chi connectivity index (χ2n) is 8.80. The molecule has 0 radical (unpaired) electrons. The fourth-order valence-corrected chi connectivity index (χ4v) is 12.8. The molecule has 176 valence electrons. The predicted octanol–water partition coefficient (Wildman–Crippen LogP) is 8.78. The first-order valence-corrected chi connectivity index (χ1v) is 18.0. The molecule has 0 heterocycles. The van der Waals surface area contributed by atoms with Crippen molar-refractivity contribution in [2.24, 2.45) is 0 Å². The van der Waals surface area contributed by atoms with E-state index in [1.54, 1.807) is 0 Å². The number of allylic oxidation sites excluding steroid dienone is 2. The Bertz CT molecular complexity index is 857. The summed E-state index contributed by atoms with van der Waals surface area (Å²) in [6.45, 7) is 0. The molecule has 0 spiro atoms. The third-order valence-electron chi connectivity index (χ3n) is 6.50. The Kier molecular flexibility index (Phi) is 11.0. The fourth-order valence-electron chi connectivity index (χ4n) is 4.61. The molecule has 0 aliphatic carbocycles. The van der Waals surface area contributed by atoms with E-state index in [1.807, 2.05) is 0 Å². The maximum atomic E-state index is 5.77. The van der Waals surface area contributed by atoms with E-state index in [9.17, 15) is 0 Å². The van der Waals surface area contributed by atoms with Crippen molar-refractivity contribution in [2.75, 3.05) is 12.0 Å². The molecule has 33 heavy (non-hydrogen) atoms. The van der Waals surface area contributed by atoms with E-state index >= 15 is 0 Å². The van der Waals surface area contributed by atoms with Crippen LogP contribution in [0.15, 0.2) is 103 Å². The van der Waals surface area contributed by atoms with Gasteiger partial charge in [0.15, 0.2) is 0 Å². The van der Waals surface area contributed by atoms with Crippen LogP contribution < -0.4 is 15.9 Å². The summed E-state index contributed by atoms with van der Waals surface area (Å²) in [6.07, 6.45) is 16.2. The molecule has 0 saturated heterocycles. The molecular weight excluding hydrogens is 554 g/mol. The van der Waals surface area contributed by atoms with Gasteiger partial charge in [-0.3, -0.25) is 0 Å². The topological polar surface area (TPSA) is 0 Å². The molecule has 0 saturated carbocycles. The Labute approximate surface area is 219 Å². The number of halogens is 2. The number of benzene rings is 3. The van der Waals surface area contributed by atoms with Gasteiger partial charge in [0.2, 0.25) is 0 Å². The Morgan fingerprint density at radius 3 is 1.36 bits per heavy atom. The average molecular weight is 591 g/mol. The number of hydrogen-bond acceptors (Lipinski definition) is 0. The zero-order chi connectivity index (χ0) is 23.3. The van der Waals surface area contributed by atoms with E-state index in [0.717, 1.165) is 18.5 Å². The minimum atomic E-state index is -2.66. The monoisotopic (exact) mass is 590 g/mol. The molecule has 0 fully saturated rings. The summed E-state index contributed by atoms with van der Waals surface area (Å²) >= 11 is 8.63. The van der Waals surface area contributed by atoms with Gasteiger partial charge in [-0.1, -0.05) is 0 Å². The van der Waals surface area contributed by atoms with Gasteiger partial charge < -0.3 is 0 Å². The van der Waals surface area contributed by atoms with Crippen molar-refractivity contribution >= 4 is 53.8 Å². The first-order valence-electron chi connectivity index (χ1n) is 12.3. The summed E-state index contributed by atoms with van der Waals surface area (Å²) in [5.74, 6) is 0.807. The van der Waals surface area contributed by atoms with Gasteiger partial charge in [0, 0.05) is 0 Å². The number of hydrogen-bond donors (Lipinski definition) is 0. The summed E-state index contributed by atoms with van der Waals surface area (Å²) in [4.78, 5) is 0. The molecule has 0 aliphatic rings. The second kappa shape index (κ2) is 13.7. The van der Waals surface area contributed by atoms with Gasteiger partial charge in [-0.25, -0.2) is 0 Å². The Morgan fingerprint density at radius 1 is 0.545 bits per heavy atom. The standard InChI is InChI=1S/C30H37ClIP/c31-26-18-7-5-3-1-2-4-6-8-19-27-33(32,28-20-12-9-13-21-28,29-22-14-10-15-23-29)30-24-16-11-17-25-30/h8-17,19-25H,1-7,18,26-27H2. The van der Waals surface area contributed by atoms with Crippen molar-refractivity contribution in [3.05, 3.63) is 103 Å². The van der Waals surface area contributed by atoms with Crippen LogP contribution in [0.5, 0.6) is 0 Å². The van der Waals surface area contributed by atoms with Crippen LogP contribution in [0.2, 0.25) is 0 Å². The van der Waals surface area contributed by atoms with Crippen LogP contribution in [0.25, 0.3) is 0 Å². The second-order valence-corrected chi connectivity index (χ2v) is 19.8. The van der Waals surface area contributed by atoms with Crippen LogP contribution in [-0.2, 0) is 0 Å². The van der Waals surface area contributed by atoms with Gasteiger partial charge in [-0.05, 0) is 0 Å². The summed E-state index contributed by atoms with van der Waals surface area (Å²) in [5.41, 5.74) is 0. The summed E-state index contributed by atoms with van der Waals surface area (Å²) in [6, 6.07) is 33.6. The third-order valence-corrected chi connectivity index (χ3v) is 18.0. The van der Waals surface area contributed by atoms with E-state index in [-0.39, 0.29) is 0 Å². The van der Waals surface area contributed by atoms with Crippen LogP contribution in [0.4, 0.5) is 0 Å². The molecule has 0 nitrogen and oxygen atoms in total. The van der Waals surface area contributed by atoms with Crippen molar-refractivity contribution in [3.63, 3.8) is 0 Å². The van der Waals surface area contributed by atoms with E-state index in [0.29, 0.717) is 0 Å². The molecule has 0 aromatic heterocycles. The normalized spacial score (nSPS) is 13.1. The van der Waals surface area contributed by atoms with Gasteiger partial charge >= 0.3 is 209 Å². The van der Waals surface area contributed by atoms with Gasteiger partial charge in [-0.15, -0.1) is 11.6 Å². The maximum absolute atomic E-state index is 5.77. The van der Waals surface area contributed by atoms with E-state index in [1.165, 1.54) is 60.9 Å². The van der Waals surface area contributed by atoms with Crippen molar-refractivity contribution in [3.8, 4) is 0 Å². The SMILES string of the molecule is ClCCCCCCCCCC=CCP(I)(c1ccccc1)(c1ccccc1)c1ccccc1. The summed E-state index contributed by atoms with van der Waals surface area (Å²) < 4.78 is -2.66. The van der Waals surface area contributed by atoms with Crippen LogP contribution in [-0.4, -0.2) is 12.0 Å². The van der Waals surface area contributed by atoms with Crippen molar-refractivity contribution in [2.45, 2.75) is 51.4 Å². The van der Waals surface area contributed by atoms with Crippen LogP contribution in [0, 0.1) is 0 Å². The van der Waals surface area contributed by atoms with Crippen LogP contribution in [0.1, 0.15) is 51.4 Å². The molecule has 0 bridgehead atoms. The Hall–Kier alpha value is -1.15. The molecule has 0 aliphatic heterocycles. The van der Waals surface area contributed by atoms with Crippen molar-refractivity contribution < 1.29 is 0 Å². The molecule has 3 aromatic rings. The van der Waals surface area contributed by atoms with E-state index in [2.05, 4.69) is 125 Å². The zero-order valence-corrected chi connectivity index (χ0v) is 23.4. The Morgan fingerprint density at radius 2 is 0.939 bits per heavy atom. The third kappa shape index (κ3) is 6.71.